The lowest BCUT2D eigenvalue weighted by Crippen LogP contribution is -2.36. The molecule has 9 nitrogen and oxygen atoms in total. The van der Waals surface area contributed by atoms with Crippen LogP contribution < -0.4 is 0 Å². The van der Waals surface area contributed by atoms with Crippen LogP contribution in [0.3, 0.4) is 0 Å². The SMILES string of the molecule is CC(c1nn(C)nc1-c1cc(F)cc([N+](=O)[O-])c1F)N(C)C(=O)OC(C)(C)C. The molecule has 0 radical (unpaired) electrons. The van der Waals surface area contributed by atoms with Crippen LogP contribution in [0.25, 0.3) is 11.3 Å². The summed E-state index contributed by atoms with van der Waals surface area (Å²) >= 11 is 0. The van der Waals surface area contributed by atoms with Gasteiger partial charge < -0.3 is 9.64 Å². The highest BCUT2D eigenvalue weighted by Gasteiger charge is 2.31. The van der Waals surface area contributed by atoms with Crippen molar-refractivity contribution in [2.75, 3.05) is 7.05 Å². The highest BCUT2D eigenvalue weighted by atomic mass is 19.1. The van der Waals surface area contributed by atoms with Crippen LogP contribution in [-0.4, -0.2) is 43.6 Å². The van der Waals surface area contributed by atoms with Gasteiger partial charge in [0.2, 0.25) is 5.82 Å². The van der Waals surface area contributed by atoms with Gasteiger partial charge in [0.15, 0.2) is 0 Å². The number of halogens is 2. The number of nitro benzene ring substituents is 1. The van der Waals surface area contributed by atoms with Crippen LogP contribution in [0.1, 0.15) is 39.4 Å². The van der Waals surface area contributed by atoms with Gasteiger partial charge in [-0.3, -0.25) is 10.1 Å². The molecule has 0 aliphatic carbocycles. The van der Waals surface area contributed by atoms with Gasteiger partial charge in [0, 0.05) is 19.7 Å². The third kappa shape index (κ3) is 4.41. The van der Waals surface area contributed by atoms with Crippen LogP contribution in [0, 0.1) is 21.7 Å². The third-order valence-corrected chi connectivity index (χ3v) is 3.87. The van der Waals surface area contributed by atoms with Crippen molar-refractivity contribution in [1.82, 2.24) is 19.9 Å². The van der Waals surface area contributed by atoms with Crippen LogP contribution in [-0.2, 0) is 11.8 Å². The lowest BCUT2D eigenvalue weighted by Gasteiger charge is -2.28. The molecule has 28 heavy (non-hydrogen) atoms. The molecule has 0 saturated carbocycles. The summed E-state index contributed by atoms with van der Waals surface area (Å²) in [6, 6.07) is 0.557. The first kappa shape index (κ1) is 21.2. The summed E-state index contributed by atoms with van der Waals surface area (Å²) in [7, 11) is 2.92. The fourth-order valence-electron chi connectivity index (χ4n) is 2.45. The second-order valence-corrected chi connectivity index (χ2v) is 7.23. The monoisotopic (exact) mass is 397 g/mol. The number of carbonyl (C=O) groups excluding carboxylic acids is 1. The Labute approximate surface area is 160 Å². The fraction of sp³-hybridized carbons (Fsp3) is 0.471. The number of rotatable bonds is 4. The number of hydrogen-bond acceptors (Lipinski definition) is 6. The normalized spacial score (nSPS) is 12.6. The first-order chi connectivity index (χ1) is 12.8. The van der Waals surface area contributed by atoms with Crippen molar-refractivity contribution < 1.29 is 23.2 Å². The molecule has 2 aromatic rings. The quantitative estimate of drug-likeness (QED) is 0.577. The Morgan fingerprint density at radius 3 is 2.46 bits per heavy atom. The highest BCUT2D eigenvalue weighted by Crippen LogP contribution is 2.34. The molecule has 11 heteroatoms. The first-order valence-corrected chi connectivity index (χ1v) is 8.32. The third-order valence-electron chi connectivity index (χ3n) is 3.87. The van der Waals surface area contributed by atoms with Crippen molar-refractivity contribution in [1.29, 1.82) is 0 Å². The standard InChI is InChI=1S/C17H21F2N5O4/c1-9(22(5)16(25)28-17(2,3)4)14-15(21-23(6)20-14)11-7-10(18)8-12(13(11)19)24(26)27/h7-9H,1-6H3. The number of carbonyl (C=O) groups is 1. The molecule has 0 bridgehead atoms. The number of aromatic nitrogens is 3. The molecule has 0 aliphatic heterocycles. The number of hydrogen-bond donors (Lipinski definition) is 0. The number of aryl methyl sites for hydroxylation is 1. The van der Waals surface area contributed by atoms with Gasteiger partial charge in [-0.2, -0.15) is 19.4 Å². The van der Waals surface area contributed by atoms with E-state index in [1.54, 1.807) is 27.7 Å². The Hall–Kier alpha value is -3.11. The summed E-state index contributed by atoms with van der Waals surface area (Å²) in [5.41, 5.74) is -2.13. The highest BCUT2D eigenvalue weighted by molar-refractivity contribution is 5.70. The molecule has 152 valence electrons. The summed E-state index contributed by atoms with van der Waals surface area (Å²) in [5.74, 6) is -2.23. The summed E-state index contributed by atoms with van der Waals surface area (Å²) in [6.45, 7) is 6.72. The molecule has 2 rings (SSSR count). The number of benzene rings is 1. The van der Waals surface area contributed by atoms with E-state index in [9.17, 15) is 23.7 Å². The van der Waals surface area contributed by atoms with Crippen LogP contribution in [0.4, 0.5) is 19.3 Å². The van der Waals surface area contributed by atoms with E-state index in [1.165, 1.54) is 19.0 Å². The van der Waals surface area contributed by atoms with E-state index < -0.39 is 45.5 Å². The van der Waals surface area contributed by atoms with Gasteiger partial charge >= 0.3 is 11.8 Å². The first-order valence-electron chi connectivity index (χ1n) is 8.32. The van der Waals surface area contributed by atoms with Crippen LogP contribution in [0.5, 0.6) is 0 Å². The van der Waals surface area contributed by atoms with Gasteiger partial charge in [0.1, 0.15) is 22.8 Å². The molecule has 1 unspecified atom stereocenters. The smallest absolute Gasteiger partial charge is 0.410 e. The van der Waals surface area contributed by atoms with Gasteiger partial charge in [-0.1, -0.05) is 0 Å². The van der Waals surface area contributed by atoms with E-state index in [0.29, 0.717) is 6.07 Å². The summed E-state index contributed by atoms with van der Waals surface area (Å²) in [6.07, 6.45) is -0.651. The molecule has 0 aliphatic rings. The Morgan fingerprint density at radius 2 is 1.93 bits per heavy atom. The Balaban J connectivity index is 2.52. The number of amides is 1. The van der Waals surface area contributed by atoms with E-state index in [0.717, 1.165) is 10.9 Å². The molecule has 1 amide bonds. The molecular formula is C17H21F2N5O4. The fourth-order valence-corrected chi connectivity index (χ4v) is 2.45. The second-order valence-electron chi connectivity index (χ2n) is 7.23. The zero-order chi connectivity index (χ0) is 21.4. The van der Waals surface area contributed by atoms with Crippen LogP contribution in [0.2, 0.25) is 0 Å². The molecule has 0 saturated heterocycles. The number of nitro groups is 1. The Bertz CT molecular complexity index is 923. The summed E-state index contributed by atoms with van der Waals surface area (Å²) < 4.78 is 33.8. The van der Waals surface area contributed by atoms with Gasteiger partial charge in [0.25, 0.3) is 0 Å². The molecule has 0 fully saturated rings. The zero-order valence-corrected chi connectivity index (χ0v) is 16.4. The molecule has 1 heterocycles. The number of nitrogens with zero attached hydrogens (tertiary/aromatic N) is 5. The van der Waals surface area contributed by atoms with Crippen LogP contribution in [0.15, 0.2) is 12.1 Å². The van der Waals surface area contributed by atoms with Crippen molar-refractivity contribution >= 4 is 11.8 Å². The zero-order valence-electron chi connectivity index (χ0n) is 16.4. The van der Waals surface area contributed by atoms with E-state index >= 15 is 0 Å². The largest absolute Gasteiger partial charge is 0.444 e. The van der Waals surface area contributed by atoms with Crippen molar-refractivity contribution in [3.8, 4) is 11.3 Å². The minimum absolute atomic E-state index is 0.106. The molecule has 1 aromatic carbocycles. The maximum atomic E-state index is 14.6. The van der Waals surface area contributed by atoms with Gasteiger partial charge in [-0.15, -0.1) is 0 Å². The van der Waals surface area contributed by atoms with Gasteiger partial charge in [0.05, 0.1) is 17.0 Å². The minimum atomic E-state index is -1.24. The molecule has 0 N–H and O–H groups in total. The summed E-state index contributed by atoms with van der Waals surface area (Å²) in [4.78, 5) is 24.6. The van der Waals surface area contributed by atoms with Gasteiger partial charge in [-0.05, 0) is 33.8 Å². The van der Waals surface area contributed by atoms with Crippen molar-refractivity contribution in [2.24, 2.45) is 7.05 Å². The average Bonchev–Trinajstić information content (AvgIpc) is 2.95. The van der Waals surface area contributed by atoms with Gasteiger partial charge in [-0.25, -0.2) is 9.18 Å². The Morgan fingerprint density at radius 1 is 1.32 bits per heavy atom. The van der Waals surface area contributed by atoms with E-state index in [4.69, 9.17) is 4.74 Å². The van der Waals surface area contributed by atoms with E-state index in [-0.39, 0.29) is 11.4 Å². The van der Waals surface area contributed by atoms with Crippen molar-refractivity contribution in [3.63, 3.8) is 0 Å². The van der Waals surface area contributed by atoms with Crippen molar-refractivity contribution in [3.05, 3.63) is 39.6 Å². The number of ether oxygens (including phenoxy) is 1. The maximum Gasteiger partial charge on any atom is 0.410 e. The Kier molecular flexibility index (Phi) is 5.67. The maximum absolute atomic E-state index is 14.6. The summed E-state index contributed by atoms with van der Waals surface area (Å²) in [5, 5.41) is 19.1. The van der Waals surface area contributed by atoms with Crippen molar-refractivity contribution in [2.45, 2.75) is 39.3 Å². The minimum Gasteiger partial charge on any atom is -0.444 e. The average molecular weight is 397 g/mol. The topological polar surface area (TPSA) is 103 Å². The molecule has 0 spiro atoms. The lowest BCUT2D eigenvalue weighted by atomic mass is 10.0. The second kappa shape index (κ2) is 7.49. The van der Waals surface area contributed by atoms with E-state index in [2.05, 4.69) is 10.2 Å². The van der Waals surface area contributed by atoms with E-state index in [1.807, 2.05) is 0 Å². The molecule has 1 aromatic heterocycles. The van der Waals surface area contributed by atoms with Crippen LogP contribution >= 0.6 is 0 Å². The lowest BCUT2D eigenvalue weighted by molar-refractivity contribution is -0.387. The predicted molar refractivity (Wildman–Crippen MR) is 95.4 cm³/mol. The molecular weight excluding hydrogens is 376 g/mol. The molecule has 1 atom stereocenters. The predicted octanol–water partition coefficient (Wildman–Crippen LogP) is 3.60.